The number of benzene rings is 1. The molecule has 22 heavy (non-hydrogen) atoms. The van der Waals surface area contributed by atoms with E-state index >= 15 is 0 Å². The highest BCUT2D eigenvalue weighted by atomic mass is 35.5. The van der Waals surface area contributed by atoms with Gasteiger partial charge in [-0.25, -0.2) is 4.79 Å². The molecule has 0 amide bonds. The number of halogens is 1. The number of esters is 1. The van der Waals surface area contributed by atoms with Gasteiger partial charge in [-0.1, -0.05) is 18.2 Å². The Bertz CT molecular complexity index is 594. The van der Waals surface area contributed by atoms with Gasteiger partial charge in [0.1, 0.15) is 17.4 Å². The minimum absolute atomic E-state index is 0.0802. The van der Waals surface area contributed by atoms with Crippen LogP contribution in [0.15, 0.2) is 35.9 Å². The van der Waals surface area contributed by atoms with E-state index in [4.69, 9.17) is 16.3 Å². The molecule has 0 radical (unpaired) electrons. The summed E-state index contributed by atoms with van der Waals surface area (Å²) in [6, 6.07) is 6.32. The molecule has 1 fully saturated rings. The summed E-state index contributed by atoms with van der Waals surface area (Å²) in [6.45, 7) is 1.69. The molecule has 0 aromatic heterocycles. The van der Waals surface area contributed by atoms with Gasteiger partial charge in [-0.15, -0.1) is 0 Å². The van der Waals surface area contributed by atoms with Gasteiger partial charge in [0, 0.05) is 5.57 Å². The number of carbonyl (C=O) groups is 2. The molecule has 1 aliphatic rings. The van der Waals surface area contributed by atoms with Gasteiger partial charge in [0.25, 0.3) is 0 Å². The summed E-state index contributed by atoms with van der Waals surface area (Å²) in [6.07, 6.45) is 4.98. The van der Waals surface area contributed by atoms with E-state index in [-0.39, 0.29) is 23.3 Å². The normalized spacial score (nSPS) is 22.2. The Hall–Kier alpha value is -1.81. The fourth-order valence-electron chi connectivity index (χ4n) is 2.72. The van der Waals surface area contributed by atoms with Crippen molar-refractivity contribution in [3.63, 3.8) is 0 Å². The third kappa shape index (κ3) is 4.34. The van der Waals surface area contributed by atoms with E-state index in [9.17, 15) is 14.7 Å². The van der Waals surface area contributed by atoms with Crippen molar-refractivity contribution in [1.82, 2.24) is 0 Å². The molecule has 1 aromatic carbocycles. The molecule has 4 nitrogen and oxygen atoms in total. The summed E-state index contributed by atoms with van der Waals surface area (Å²) >= 11 is 5.45. The highest BCUT2D eigenvalue weighted by Gasteiger charge is 2.25. The molecular weight excluding hydrogens is 304 g/mol. The Kier molecular flexibility index (Phi) is 5.61. The van der Waals surface area contributed by atoms with Crippen LogP contribution in [0.3, 0.4) is 0 Å². The lowest BCUT2D eigenvalue weighted by Gasteiger charge is -2.27. The zero-order chi connectivity index (χ0) is 16.1. The van der Waals surface area contributed by atoms with Gasteiger partial charge in [0.15, 0.2) is 0 Å². The second kappa shape index (κ2) is 7.45. The predicted molar refractivity (Wildman–Crippen MR) is 83.9 cm³/mol. The summed E-state index contributed by atoms with van der Waals surface area (Å²) < 4.78 is 5.48. The van der Waals surface area contributed by atoms with Crippen LogP contribution in [0.1, 0.15) is 43.0 Å². The average molecular weight is 323 g/mol. The zero-order valence-electron chi connectivity index (χ0n) is 12.4. The standard InChI is InChI=1S/C17H19ClO4/c1-11(16(18)20)9-12-5-4-6-13(10-12)22-17(21)14-7-2-3-8-15(14)19/h2-3,7-9,12-13,19H,4-6,10H2,1H3/b11-9-. The lowest BCUT2D eigenvalue weighted by molar-refractivity contribution is -0.108. The van der Waals surface area contributed by atoms with Crippen LogP contribution in [0.2, 0.25) is 0 Å². The van der Waals surface area contributed by atoms with Gasteiger partial charge in [0.2, 0.25) is 5.24 Å². The molecule has 1 aromatic rings. The summed E-state index contributed by atoms with van der Waals surface area (Å²) in [5.74, 6) is -0.417. The van der Waals surface area contributed by atoms with Crippen LogP contribution in [-0.2, 0) is 9.53 Å². The number of hydrogen-bond donors (Lipinski definition) is 1. The fourth-order valence-corrected chi connectivity index (χ4v) is 2.78. The zero-order valence-corrected chi connectivity index (χ0v) is 13.2. The number of para-hydroxylation sites is 1. The quantitative estimate of drug-likeness (QED) is 0.520. The average Bonchev–Trinajstić information content (AvgIpc) is 2.47. The first-order chi connectivity index (χ1) is 10.5. The molecule has 118 valence electrons. The molecule has 2 atom stereocenters. The maximum atomic E-state index is 12.1. The smallest absolute Gasteiger partial charge is 0.342 e. The second-order valence-corrected chi connectivity index (χ2v) is 5.94. The number of phenols is 1. The Morgan fingerprint density at radius 1 is 1.32 bits per heavy atom. The molecule has 1 saturated carbocycles. The van der Waals surface area contributed by atoms with Crippen molar-refractivity contribution >= 4 is 22.8 Å². The Balaban J connectivity index is 1.99. The molecule has 0 heterocycles. The van der Waals surface area contributed by atoms with Crippen molar-refractivity contribution in [1.29, 1.82) is 0 Å². The van der Waals surface area contributed by atoms with Crippen LogP contribution in [0.5, 0.6) is 5.75 Å². The van der Waals surface area contributed by atoms with Crippen molar-refractivity contribution in [2.45, 2.75) is 38.7 Å². The Morgan fingerprint density at radius 3 is 2.73 bits per heavy atom. The van der Waals surface area contributed by atoms with Crippen LogP contribution in [-0.4, -0.2) is 22.4 Å². The highest BCUT2D eigenvalue weighted by molar-refractivity contribution is 6.67. The Labute approximate surface area is 134 Å². The summed E-state index contributed by atoms with van der Waals surface area (Å²) in [7, 11) is 0. The van der Waals surface area contributed by atoms with E-state index in [0.717, 1.165) is 19.3 Å². The van der Waals surface area contributed by atoms with Crippen molar-refractivity contribution in [3.8, 4) is 5.75 Å². The molecule has 0 saturated heterocycles. The number of aromatic hydroxyl groups is 1. The van der Waals surface area contributed by atoms with Gasteiger partial charge in [-0.05, 0) is 62.3 Å². The van der Waals surface area contributed by atoms with E-state index in [1.807, 2.05) is 6.08 Å². The molecule has 1 N–H and O–H groups in total. The summed E-state index contributed by atoms with van der Waals surface area (Å²) in [5, 5.41) is 9.23. The van der Waals surface area contributed by atoms with E-state index in [1.54, 1.807) is 19.1 Å². The lowest BCUT2D eigenvalue weighted by Crippen LogP contribution is -2.25. The van der Waals surface area contributed by atoms with Crippen molar-refractivity contribution in [2.75, 3.05) is 0 Å². The van der Waals surface area contributed by atoms with Gasteiger partial charge in [0.05, 0.1) is 0 Å². The predicted octanol–water partition coefficient (Wildman–Crippen LogP) is 3.82. The topological polar surface area (TPSA) is 63.6 Å². The van der Waals surface area contributed by atoms with E-state index in [0.29, 0.717) is 12.0 Å². The van der Waals surface area contributed by atoms with E-state index < -0.39 is 11.2 Å². The van der Waals surface area contributed by atoms with E-state index in [2.05, 4.69) is 0 Å². The molecular formula is C17H19ClO4. The molecule has 0 bridgehead atoms. The van der Waals surface area contributed by atoms with Crippen LogP contribution < -0.4 is 0 Å². The molecule has 0 aliphatic heterocycles. The maximum Gasteiger partial charge on any atom is 0.342 e. The van der Waals surface area contributed by atoms with E-state index in [1.165, 1.54) is 12.1 Å². The minimum atomic E-state index is -0.516. The van der Waals surface area contributed by atoms with Crippen LogP contribution in [0, 0.1) is 5.92 Å². The number of ether oxygens (including phenoxy) is 1. The van der Waals surface area contributed by atoms with Crippen LogP contribution >= 0.6 is 11.6 Å². The molecule has 2 unspecified atom stereocenters. The van der Waals surface area contributed by atoms with Crippen molar-refractivity contribution < 1.29 is 19.4 Å². The van der Waals surface area contributed by atoms with Gasteiger partial charge < -0.3 is 9.84 Å². The summed E-state index contributed by atoms with van der Waals surface area (Å²) in [4.78, 5) is 23.2. The first-order valence-electron chi connectivity index (χ1n) is 7.34. The number of hydrogen-bond acceptors (Lipinski definition) is 4. The van der Waals surface area contributed by atoms with Crippen LogP contribution in [0.25, 0.3) is 0 Å². The third-order valence-electron chi connectivity index (χ3n) is 3.86. The van der Waals surface area contributed by atoms with Crippen LogP contribution in [0.4, 0.5) is 0 Å². The van der Waals surface area contributed by atoms with Gasteiger partial charge >= 0.3 is 5.97 Å². The Morgan fingerprint density at radius 2 is 2.05 bits per heavy atom. The number of rotatable bonds is 4. The highest BCUT2D eigenvalue weighted by Crippen LogP contribution is 2.29. The number of allylic oxidation sites excluding steroid dienone is 2. The summed E-state index contributed by atoms with van der Waals surface area (Å²) in [5.41, 5.74) is 0.701. The number of carbonyl (C=O) groups excluding carboxylic acids is 2. The van der Waals surface area contributed by atoms with Crippen molar-refractivity contribution in [2.24, 2.45) is 5.92 Å². The monoisotopic (exact) mass is 322 g/mol. The van der Waals surface area contributed by atoms with Gasteiger partial charge in [-0.3, -0.25) is 4.79 Å². The molecule has 1 aliphatic carbocycles. The van der Waals surface area contributed by atoms with Crippen molar-refractivity contribution in [3.05, 3.63) is 41.5 Å². The maximum absolute atomic E-state index is 12.1. The van der Waals surface area contributed by atoms with Gasteiger partial charge in [-0.2, -0.15) is 0 Å². The SMILES string of the molecule is C/C(=C/C1CCCC(OC(=O)c2ccccc2O)C1)C(=O)Cl. The largest absolute Gasteiger partial charge is 0.507 e. The third-order valence-corrected chi connectivity index (χ3v) is 4.16. The molecule has 0 spiro atoms. The number of phenolic OH excluding ortho intramolecular Hbond substituents is 1. The second-order valence-electron chi connectivity index (χ2n) is 5.59. The minimum Gasteiger partial charge on any atom is -0.507 e. The fraction of sp³-hybridized carbons (Fsp3) is 0.412. The molecule has 2 rings (SSSR count). The first kappa shape index (κ1) is 16.6. The first-order valence-corrected chi connectivity index (χ1v) is 7.72. The molecule has 5 heteroatoms. The lowest BCUT2D eigenvalue weighted by atomic mass is 9.86.